The van der Waals surface area contributed by atoms with E-state index in [9.17, 15) is 9.90 Å². The third-order valence-electron chi connectivity index (χ3n) is 3.48. The number of aromatic hydroxyl groups is 1. The molecule has 1 aliphatic rings. The zero-order valence-electron chi connectivity index (χ0n) is 10.3. The molecule has 0 saturated heterocycles. The Kier molecular flexibility index (Phi) is 4.86. The van der Waals surface area contributed by atoms with E-state index in [0.29, 0.717) is 11.5 Å². The fraction of sp³-hybridized carbons (Fsp3) is 0.500. The lowest BCUT2D eigenvalue weighted by atomic mass is 9.89. The summed E-state index contributed by atoms with van der Waals surface area (Å²) >= 11 is 2.14. The van der Waals surface area contributed by atoms with Gasteiger partial charge in [0.05, 0.1) is 5.56 Å². The van der Waals surface area contributed by atoms with E-state index in [1.807, 2.05) is 0 Å². The molecule has 1 saturated carbocycles. The van der Waals surface area contributed by atoms with Gasteiger partial charge in [0.15, 0.2) is 0 Å². The fourth-order valence-corrected chi connectivity index (χ4v) is 2.90. The van der Waals surface area contributed by atoms with Crippen molar-refractivity contribution in [2.24, 2.45) is 5.92 Å². The van der Waals surface area contributed by atoms with Gasteiger partial charge in [0.1, 0.15) is 5.75 Å². The molecule has 2 rings (SSSR count). The highest BCUT2D eigenvalue weighted by Crippen LogP contribution is 2.23. The number of carbonyl (C=O) groups is 1. The van der Waals surface area contributed by atoms with Gasteiger partial charge in [0.2, 0.25) is 0 Å². The Balaban J connectivity index is 1.92. The van der Waals surface area contributed by atoms with Crippen LogP contribution in [0.3, 0.4) is 0 Å². The van der Waals surface area contributed by atoms with Gasteiger partial charge >= 0.3 is 0 Å². The molecule has 3 nitrogen and oxygen atoms in total. The molecule has 0 radical (unpaired) electrons. The minimum Gasteiger partial charge on any atom is -0.507 e. The third kappa shape index (κ3) is 3.60. The summed E-state index contributed by atoms with van der Waals surface area (Å²) in [5.41, 5.74) is 0.373. The first-order valence-corrected chi connectivity index (χ1v) is 7.51. The van der Waals surface area contributed by atoms with Gasteiger partial charge in [-0.2, -0.15) is 0 Å². The zero-order valence-corrected chi connectivity index (χ0v) is 12.4. The topological polar surface area (TPSA) is 49.3 Å². The summed E-state index contributed by atoms with van der Waals surface area (Å²) in [5.74, 6) is 0.487. The van der Waals surface area contributed by atoms with E-state index in [2.05, 4.69) is 27.9 Å². The average Bonchev–Trinajstić information content (AvgIpc) is 2.40. The lowest BCUT2D eigenvalue weighted by molar-refractivity contribution is 0.0941. The SMILES string of the molecule is O=C(NCC1CCCCC1)c1cc(I)ccc1O. The molecule has 1 aromatic rings. The molecule has 0 unspecified atom stereocenters. The van der Waals surface area contributed by atoms with Gasteiger partial charge in [-0.1, -0.05) is 19.3 Å². The minimum absolute atomic E-state index is 0.0524. The Morgan fingerprint density at radius 3 is 2.78 bits per heavy atom. The van der Waals surface area contributed by atoms with Gasteiger partial charge in [0, 0.05) is 10.1 Å². The summed E-state index contributed by atoms with van der Waals surface area (Å²) in [7, 11) is 0. The number of phenols is 1. The van der Waals surface area contributed by atoms with Gasteiger partial charge in [-0.15, -0.1) is 0 Å². The smallest absolute Gasteiger partial charge is 0.255 e. The molecule has 0 aliphatic heterocycles. The molecule has 4 heteroatoms. The number of nitrogens with one attached hydrogen (secondary N) is 1. The van der Waals surface area contributed by atoms with E-state index >= 15 is 0 Å². The van der Waals surface area contributed by atoms with E-state index < -0.39 is 0 Å². The van der Waals surface area contributed by atoms with Crippen molar-refractivity contribution in [1.82, 2.24) is 5.32 Å². The maximum atomic E-state index is 12.0. The number of carbonyl (C=O) groups excluding carboxylic acids is 1. The standard InChI is InChI=1S/C14H18INO2/c15-11-6-7-13(17)12(8-11)14(18)16-9-10-4-2-1-3-5-10/h6-8,10,17H,1-5,9H2,(H,16,18). The summed E-state index contributed by atoms with van der Waals surface area (Å²) in [5, 5.41) is 12.6. The van der Waals surface area contributed by atoms with Crippen LogP contribution in [0.2, 0.25) is 0 Å². The van der Waals surface area contributed by atoms with Crippen molar-refractivity contribution in [3.63, 3.8) is 0 Å². The van der Waals surface area contributed by atoms with E-state index in [1.54, 1.807) is 18.2 Å². The average molecular weight is 359 g/mol. The Morgan fingerprint density at radius 1 is 1.33 bits per heavy atom. The van der Waals surface area contributed by atoms with E-state index in [1.165, 1.54) is 32.1 Å². The van der Waals surface area contributed by atoms with E-state index in [0.717, 1.165) is 10.1 Å². The number of hydrogen-bond acceptors (Lipinski definition) is 2. The Labute approximate surface area is 121 Å². The van der Waals surface area contributed by atoms with Crippen LogP contribution < -0.4 is 5.32 Å². The molecular formula is C14H18INO2. The number of amides is 1. The quantitative estimate of drug-likeness (QED) is 0.814. The summed E-state index contributed by atoms with van der Waals surface area (Å²) in [6, 6.07) is 5.07. The highest BCUT2D eigenvalue weighted by atomic mass is 127. The Morgan fingerprint density at radius 2 is 2.06 bits per heavy atom. The van der Waals surface area contributed by atoms with Crippen LogP contribution in [0.4, 0.5) is 0 Å². The van der Waals surface area contributed by atoms with Gasteiger partial charge in [-0.05, 0) is 59.5 Å². The van der Waals surface area contributed by atoms with Gasteiger partial charge in [0.25, 0.3) is 5.91 Å². The first kappa shape index (κ1) is 13.6. The minimum atomic E-state index is -0.170. The molecule has 0 aromatic heterocycles. The summed E-state index contributed by atoms with van der Waals surface area (Å²) in [6.07, 6.45) is 6.28. The molecule has 1 aliphatic carbocycles. The molecule has 1 aromatic carbocycles. The Bertz CT molecular complexity index is 428. The predicted octanol–water partition coefficient (Wildman–Crippen LogP) is 3.31. The summed E-state index contributed by atoms with van der Waals surface area (Å²) < 4.78 is 0.952. The predicted molar refractivity (Wildman–Crippen MR) is 79.7 cm³/mol. The molecule has 0 heterocycles. The second kappa shape index (κ2) is 6.41. The number of hydrogen-bond donors (Lipinski definition) is 2. The lowest BCUT2D eigenvalue weighted by Crippen LogP contribution is -2.30. The Hall–Kier alpha value is -0.780. The highest BCUT2D eigenvalue weighted by molar-refractivity contribution is 14.1. The van der Waals surface area contributed by atoms with Gasteiger partial charge in [-0.3, -0.25) is 4.79 Å². The summed E-state index contributed by atoms with van der Waals surface area (Å²) in [6.45, 7) is 0.726. The van der Waals surface area contributed by atoms with Crippen LogP contribution in [0.15, 0.2) is 18.2 Å². The number of phenolic OH excluding ortho intramolecular Hbond substituents is 1. The normalized spacial score (nSPS) is 16.5. The number of halogens is 1. The molecule has 98 valence electrons. The number of benzene rings is 1. The van der Waals surface area contributed by atoms with Crippen molar-refractivity contribution in [2.45, 2.75) is 32.1 Å². The fourth-order valence-electron chi connectivity index (χ4n) is 2.41. The van der Waals surface area contributed by atoms with Crippen molar-refractivity contribution < 1.29 is 9.90 Å². The van der Waals surface area contributed by atoms with Crippen LogP contribution in [0, 0.1) is 9.49 Å². The maximum Gasteiger partial charge on any atom is 0.255 e. The third-order valence-corrected chi connectivity index (χ3v) is 4.15. The van der Waals surface area contributed by atoms with Crippen LogP contribution in [0.1, 0.15) is 42.5 Å². The van der Waals surface area contributed by atoms with Crippen molar-refractivity contribution >= 4 is 28.5 Å². The monoisotopic (exact) mass is 359 g/mol. The van der Waals surface area contributed by atoms with Crippen LogP contribution in [-0.4, -0.2) is 17.6 Å². The molecule has 0 spiro atoms. The molecule has 1 amide bonds. The first-order valence-electron chi connectivity index (χ1n) is 6.43. The van der Waals surface area contributed by atoms with Gasteiger partial charge < -0.3 is 10.4 Å². The van der Waals surface area contributed by atoms with E-state index in [4.69, 9.17) is 0 Å². The molecule has 1 fully saturated rings. The molecule has 18 heavy (non-hydrogen) atoms. The zero-order chi connectivity index (χ0) is 13.0. The lowest BCUT2D eigenvalue weighted by Gasteiger charge is -2.21. The largest absolute Gasteiger partial charge is 0.507 e. The van der Waals surface area contributed by atoms with Crippen molar-refractivity contribution in [3.05, 3.63) is 27.3 Å². The van der Waals surface area contributed by atoms with E-state index in [-0.39, 0.29) is 11.7 Å². The molecule has 0 atom stereocenters. The van der Waals surface area contributed by atoms with Gasteiger partial charge in [-0.25, -0.2) is 0 Å². The van der Waals surface area contributed by atoms with Crippen molar-refractivity contribution in [1.29, 1.82) is 0 Å². The van der Waals surface area contributed by atoms with Crippen molar-refractivity contribution in [2.75, 3.05) is 6.54 Å². The molecular weight excluding hydrogens is 341 g/mol. The molecule has 0 bridgehead atoms. The highest BCUT2D eigenvalue weighted by Gasteiger charge is 2.16. The second-order valence-electron chi connectivity index (χ2n) is 4.88. The van der Waals surface area contributed by atoms with Crippen molar-refractivity contribution in [3.8, 4) is 5.75 Å². The van der Waals surface area contributed by atoms with Crippen LogP contribution in [-0.2, 0) is 0 Å². The van der Waals surface area contributed by atoms with Crippen LogP contribution in [0.25, 0.3) is 0 Å². The number of rotatable bonds is 3. The molecule has 2 N–H and O–H groups in total. The summed E-state index contributed by atoms with van der Waals surface area (Å²) in [4.78, 5) is 12.0. The van der Waals surface area contributed by atoms with Crippen LogP contribution in [0.5, 0.6) is 5.75 Å². The maximum absolute atomic E-state index is 12.0. The second-order valence-corrected chi connectivity index (χ2v) is 6.12. The van der Waals surface area contributed by atoms with Crippen LogP contribution >= 0.6 is 22.6 Å². The first-order chi connectivity index (χ1) is 8.66.